The van der Waals surface area contributed by atoms with E-state index >= 15 is 0 Å². The number of carbonyl (C=O) groups is 2. The number of nitrogens with zero attached hydrogens (tertiary/aromatic N) is 1. The van der Waals surface area contributed by atoms with Crippen LogP contribution < -0.4 is 10.6 Å². The van der Waals surface area contributed by atoms with E-state index in [2.05, 4.69) is 10.6 Å². The highest BCUT2D eigenvalue weighted by atomic mass is 16.3. The number of nitrogens with one attached hydrogen (secondary N) is 2. The predicted octanol–water partition coefficient (Wildman–Crippen LogP) is 1.56. The maximum Gasteiger partial charge on any atom is 0.318 e. The van der Waals surface area contributed by atoms with Crippen LogP contribution in [0.15, 0.2) is 30.3 Å². The molecule has 2 aliphatic rings. The van der Waals surface area contributed by atoms with Gasteiger partial charge in [0.05, 0.1) is 18.6 Å². The first kappa shape index (κ1) is 16.8. The molecule has 6 heteroatoms. The van der Waals surface area contributed by atoms with E-state index in [1.54, 1.807) is 4.90 Å². The summed E-state index contributed by atoms with van der Waals surface area (Å²) in [4.78, 5) is 26.5. The molecule has 1 atom stereocenters. The Morgan fingerprint density at radius 2 is 1.88 bits per heavy atom. The van der Waals surface area contributed by atoms with Crippen LogP contribution >= 0.6 is 0 Å². The number of aliphatic hydroxyl groups excluding tert-OH is 1. The van der Waals surface area contributed by atoms with E-state index in [1.165, 1.54) is 0 Å². The Kier molecular flexibility index (Phi) is 5.35. The van der Waals surface area contributed by atoms with Gasteiger partial charge in [-0.15, -0.1) is 0 Å². The number of hydrogen-bond donors (Lipinski definition) is 3. The number of urea groups is 1. The summed E-state index contributed by atoms with van der Waals surface area (Å²) in [6.07, 6.45) is 3.10. The Hall–Kier alpha value is -2.08. The topological polar surface area (TPSA) is 81.7 Å². The minimum atomic E-state index is -0.247. The molecule has 0 spiro atoms. The van der Waals surface area contributed by atoms with Crippen LogP contribution in [0, 0.1) is 0 Å². The van der Waals surface area contributed by atoms with Crippen molar-refractivity contribution in [3.63, 3.8) is 0 Å². The summed E-state index contributed by atoms with van der Waals surface area (Å²) in [7, 11) is 0. The highest BCUT2D eigenvalue weighted by Crippen LogP contribution is 2.26. The molecule has 1 heterocycles. The van der Waals surface area contributed by atoms with Gasteiger partial charge in [-0.05, 0) is 31.2 Å². The molecular weight excluding hydrogens is 306 g/mol. The predicted molar refractivity (Wildman–Crippen MR) is 90.3 cm³/mol. The van der Waals surface area contributed by atoms with Crippen molar-refractivity contribution in [1.82, 2.24) is 15.5 Å². The van der Waals surface area contributed by atoms with Crippen molar-refractivity contribution in [1.29, 1.82) is 0 Å². The molecular formula is C18H25N3O3. The number of hydrogen-bond acceptors (Lipinski definition) is 3. The van der Waals surface area contributed by atoms with E-state index in [0.717, 1.165) is 31.2 Å². The molecule has 2 fully saturated rings. The zero-order chi connectivity index (χ0) is 16.9. The van der Waals surface area contributed by atoms with Gasteiger partial charge in [-0.3, -0.25) is 4.79 Å². The molecule has 1 unspecified atom stereocenters. The van der Waals surface area contributed by atoms with Crippen molar-refractivity contribution in [2.75, 3.05) is 13.1 Å². The summed E-state index contributed by atoms with van der Waals surface area (Å²) < 4.78 is 0. The second-order valence-corrected chi connectivity index (χ2v) is 6.63. The molecule has 3 N–H and O–H groups in total. The van der Waals surface area contributed by atoms with Crippen LogP contribution in [0.25, 0.3) is 0 Å². The second kappa shape index (κ2) is 7.66. The molecule has 1 aliphatic carbocycles. The summed E-state index contributed by atoms with van der Waals surface area (Å²) in [5.41, 5.74) is 0.976. The van der Waals surface area contributed by atoms with Crippen LogP contribution in [0.3, 0.4) is 0 Å². The van der Waals surface area contributed by atoms with Gasteiger partial charge in [0.15, 0.2) is 0 Å². The molecule has 3 amide bonds. The molecule has 1 aromatic rings. The first-order valence-corrected chi connectivity index (χ1v) is 8.70. The van der Waals surface area contributed by atoms with Gasteiger partial charge in [-0.2, -0.15) is 0 Å². The fourth-order valence-electron chi connectivity index (χ4n) is 3.52. The Balaban J connectivity index is 1.72. The lowest BCUT2D eigenvalue weighted by Crippen LogP contribution is -2.48. The minimum Gasteiger partial charge on any atom is -0.393 e. The van der Waals surface area contributed by atoms with E-state index in [0.29, 0.717) is 13.1 Å². The van der Waals surface area contributed by atoms with Gasteiger partial charge in [0.1, 0.15) is 0 Å². The smallest absolute Gasteiger partial charge is 0.318 e. The molecule has 1 aliphatic heterocycles. The van der Waals surface area contributed by atoms with Crippen LogP contribution in [0.2, 0.25) is 0 Å². The number of rotatable bonds is 2. The Morgan fingerprint density at radius 1 is 1.17 bits per heavy atom. The van der Waals surface area contributed by atoms with Gasteiger partial charge in [0.2, 0.25) is 5.91 Å². The zero-order valence-electron chi connectivity index (χ0n) is 13.8. The van der Waals surface area contributed by atoms with Gasteiger partial charge in [0.25, 0.3) is 0 Å². The Bertz CT molecular complexity index is 570. The summed E-state index contributed by atoms with van der Waals surface area (Å²) in [5.74, 6) is -0.0278. The number of amides is 3. The third-order valence-corrected chi connectivity index (χ3v) is 4.90. The van der Waals surface area contributed by atoms with Crippen molar-refractivity contribution >= 4 is 11.9 Å². The molecule has 24 heavy (non-hydrogen) atoms. The number of aliphatic hydroxyl groups is 1. The Labute approximate surface area is 142 Å². The summed E-state index contributed by atoms with van der Waals surface area (Å²) >= 11 is 0. The first-order valence-electron chi connectivity index (χ1n) is 8.70. The normalized spacial score (nSPS) is 28.0. The third-order valence-electron chi connectivity index (χ3n) is 4.90. The molecule has 1 saturated heterocycles. The van der Waals surface area contributed by atoms with Gasteiger partial charge < -0.3 is 20.6 Å². The maximum atomic E-state index is 12.8. The number of benzene rings is 1. The molecule has 0 bridgehead atoms. The highest BCUT2D eigenvalue weighted by Gasteiger charge is 2.31. The van der Waals surface area contributed by atoms with Gasteiger partial charge in [0, 0.05) is 19.1 Å². The molecule has 6 nitrogen and oxygen atoms in total. The van der Waals surface area contributed by atoms with E-state index in [4.69, 9.17) is 0 Å². The number of carbonyl (C=O) groups excluding carboxylic acids is 2. The average molecular weight is 331 g/mol. The molecule has 3 rings (SSSR count). The van der Waals surface area contributed by atoms with Crippen molar-refractivity contribution in [3.05, 3.63) is 35.9 Å². The highest BCUT2D eigenvalue weighted by molar-refractivity contribution is 5.80. The molecule has 1 aromatic carbocycles. The van der Waals surface area contributed by atoms with Crippen LogP contribution in [-0.2, 0) is 4.79 Å². The SMILES string of the molecule is O=C1CC(c2ccccc2)N(C(=O)NC2CCC(O)CC2)CCN1. The van der Waals surface area contributed by atoms with Crippen LogP contribution in [-0.4, -0.2) is 47.2 Å². The fraction of sp³-hybridized carbons (Fsp3) is 0.556. The minimum absolute atomic E-state index is 0.0278. The van der Waals surface area contributed by atoms with Crippen molar-refractivity contribution in [2.45, 2.75) is 50.3 Å². The monoisotopic (exact) mass is 331 g/mol. The lowest BCUT2D eigenvalue weighted by molar-refractivity contribution is -0.121. The van der Waals surface area contributed by atoms with Crippen LogP contribution in [0.5, 0.6) is 0 Å². The van der Waals surface area contributed by atoms with Crippen LogP contribution in [0.4, 0.5) is 4.79 Å². The third kappa shape index (κ3) is 4.06. The lowest BCUT2D eigenvalue weighted by Gasteiger charge is -2.33. The summed E-state index contributed by atoms with van der Waals surface area (Å²) in [5, 5.41) is 15.5. The van der Waals surface area contributed by atoms with Crippen LogP contribution in [0.1, 0.15) is 43.7 Å². The lowest BCUT2D eigenvalue weighted by atomic mass is 9.93. The van der Waals surface area contributed by atoms with Gasteiger partial charge in [-0.25, -0.2) is 4.79 Å². The quantitative estimate of drug-likeness (QED) is 0.769. The fourth-order valence-corrected chi connectivity index (χ4v) is 3.52. The van der Waals surface area contributed by atoms with Crippen molar-refractivity contribution in [3.8, 4) is 0 Å². The molecule has 0 aromatic heterocycles. The van der Waals surface area contributed by atoms with E-state index in [-0.39, 0.29) is 36.5 Å². The van der Waals surface area contributed by atoms with E-state index < -0.39 is 0 Å². The van der Waals surface area contributed by atoms with Crippen molar-refractivity contribution < 1.29 is 14.7 Å². The second-order valence-electron chi connectivity index (χ2n) is 6.63. The van der Waals surface area contributed by atoms with E-state index in [9.17, 15) is 14.7 Å². The first-order chi connectivity index (χ1) is 11.6. The molecule has 130 valence electrons. The Morgan fingerprint density at radius 3 is 2.58 bits per heavy atom. The zero-order valence-corrected chi connectivity index (χ0v) is 13.8. The molecule has 0 radical (unpaired) electrons. The maximum absolute atomic E-state index is 12.8. The summed E-state index contributed by atoms with van der Waals surface area (Å²) in [6, 6.07) is 9.43. The summed E-state index contributed by atoms with van der Waals surface area (Å²) in [6.45, 7) is 0.964. The molecule has 1 saturated carbocycles. The van der Waals surface area contributed by atoms with Gasteiger partial charge >= 0.3 is 6.03 Å². The van der Waals surface area contributed by atoms with Gasteiger partial charge in [-0.1, -0.05) is 30.3 Å². The van der Waals surface area contributed by atoms with Crippen molar-refractivity contribution in [2.24, 2.45) is 0 Å². The largest absolute Gasteiger partial charge is 0.393 e. The van der Waals surface area contributed by atoms with E-state index in [1.807, 2.05) is 30.3 Å². The average Bonchev–Trinajstić information content (AvgIpc) is 2.79. The standard InChI is InChI=1S/C18H25N3O3/c22-15-8-6-14(7-9-15)20-18(24)21-11-10-19-17(23)12-16(21)13-4-2-1-3-5-13/h1-5,14-16,22H,6-12H2,(H,19,23)(H,20,24).